The van der Waals surface area contributed by atoms with Gasteiger partial charge in [0.05, 0.1) is 10.8 Å². The molecule has 27 heavy (non-hydrogen) atoms. The van der Waals surface area contributed by atoms with Crippen LogP contribution < -0.4 is 0 Å². The number of thioether (sulfide) groups is 1. The molecule has 0 N–H and O–H groups in total. The number of aromatic nitrogens is 5. The Kier molecular flexibility index (Phi) is 5.22. The van der Waals surface area contributed by atoms with Crippen molar-refractivity contribution in [2.75, 3.05) is 0 Å². The van der Waals surface area contributed by atoms with Crippen molar-refractivity contribution in [3.63, 3.8) is 0 Å². The van der Waals surface area contributed by atoms with Gasteiger partial charge in [0, 0.05) is 17.7 Å². The van der Waals surface area contributed by atoms with Crippen molar-refractivity contribution in [1.82, 2.24) is 24.9 Å². The smallest absolute Gasteiger partial charge is 0.237 e. The number of hydrogen-bond donors (Lipinski definition) is 0. The summed E-state index contributed by atoms with van der Waals surface area (Å²) in [4.78, 5) is 4.44. The zero-order valence-electron chi connectivity index (χ0n) is 14.5. The first-order valence-corrected chi connectivity index (χ1v) is 9.81. The topological polar surface area (TPSA) is 69.6 Å². The number of halogens is 1. The van der Waals surface area contributed by atoms with Gasteiger partial charge in [-0.3, -0.25) is 0 Å². The summed E-state index contributed by atoms with van der Waals surface area (Å²) in [5, 5.41) is 14.1. The van der Waals surface area contributed by atoms with E-state index in [0.717, 1.165) is 28.7 Å². The molecular weight excluding hydrogens is 382 g/mol. The van der Waals surface area contributed by atoms with Gasteiger partial charge in [0.1, 0.15) is 0 Å². The summed E-state index contributed by atoms with van der Waals surface area (Å²) in [6.07, 6.45) is 0. The SMILES string of the molecule is CCn1c(SCc2nc(-c3ccccc3Cl)no2)nnc1-c1ccccc1. The molecule has 6 nitrogen and oxygen atoms in total. The van der Waals surface area contributed by atoms with E-state index in [0.29, 0.717) is 22.5 Å². The Labute approximate surface area is 165 Å². The maximum atomic E-state index is 6.19. The van der Waals surface area contributed by atoms with E-state index in [1.807, 2.05) is 48.5 Å². The van der Waals surface area contributed by atoms with E-state index in [1.165, 1.54) is 11.8 Å². The quantitative estimate of drug-likeness (QED) is 0.428. The third-order valence-electron chi connectivity index (χ3n) is 3.97. The Morgan fingerprint density at radius 2 is 1.81 bits per heavy atom. The summed E-state index contributed by atoms with van der Waals surface area (Å²) in [6, 6.07) is 17.4. The molecule has 136 valence electrons. The van der Waals surface area contributed by atoms with Gasteiger partial charge in [0.15, 0.2) is 11.0 Å². The van der Waals surface area contributed by atoms with Gasteiger partial charge in [-0.2, -0.15) is 4.98 Å². The second kappa shape index (κ2) is 7.94. The molecule has 0 radical (unpaired) electrons. The van der Waals surface area contributed by atoms with Crippen LogP contribution in [0.4, 0.5) is 0 Å². The first-order valence-electron chi connectivity index (χ1n) is 8.45. The Hall–Kier alpha value is -2.64. The van der Waals surface area contributed by atoms with Crippen molar-refractivity contribution in [3.05, 3.63) is 65.5 Å². The summed E-state index contributed by atoms with van der Waals surface area (Å²) in [6.45, 7) is 2.84. The third kappa shape index (κ3) is 3.74. The lowest BCUT2D eigenvalue weighted by Crippen LogP contribution is -1.99. The van der Waals surface area contributed by atoms with Crippen molar-refractivity contribution in [2.24, 2.45) is 0 Å². The van der Waals surface area contributed by atoms with Crippen LogP contribution in [0, 0.1) is 0 Å². The van der Waals surface area contributed by atoms with Crippen LogP contribution in [0.5, 0.6) is 0 Å². The van der Waals surface area contributed by atoms with E-state index in [-0.39, 0.29) is 0 Å². The number of benzene rings is 2. The molecule has 0 unspecified atom stereocenters. The molecular formula is C19H16ClN5OS. The minimum atomic E-state index is 0.484. The van der Waals surface area contributed by atoms with Crippen molar-refractivity contribution < 1.29 is 4.52 Å². The van der Waals surface area contributed by atoms with E-state index < -0.39 is 0 Å². The van der Waals surface area contributed by atoms with Gasteiger partial charge >= 0.3 is 0 Å². The van der Waals surface area contributed by atoms with E-state index >= 15 is 0 Å². The molecule has 0 saturated heterocycles. The predicted molar refractivity (Wildman–Crippen MR) is 105 cm³/mol. The van der Waals surface area contributed by atoms with Crippen LogP contribution in [-0.2, 0) is 12.3 Å². The molecule has 2 aromatic heterocycles. The summed E-state index contributed by atoms with van der Waals surface area (Å²) < 4.78 is 7.44. The average Bonchev–Trinajstić information content (AvgIpc) is 3.34. The molecule has 0 bridgehead atoms. The molecule has 0 atom stereocenters. The number of hydrogen-bond acceptors (Lipinski definition) is 6. The number of nitrogens with zero attached hydrogens (tertiary/aromatic N) is 5. The van der Waals surface area contributed by atoms with Crippen molar-refractivity contribution in [1.29, 1.82) is 0 Å². The highest BCUT2D eigenvalue weighted by atomic mass is 35.5. The lowest BCUT2D eigenvalue weighted by molar-refractivity contribution is 0.391. The van der Waals surface area contributed by atoms with Crippen molar-refractivity contribution in [2.45, 2.75) is 24.4 Å². The first kappa shape index (κ1) is 17.8. The van der Waals surface area contributed by atoms with E-state index in [2.05, 4.69) is 31.8 Å². The molecule has 4 aromatic rings. The van der Waals surface area contributed by atoms with Gasteiger partial charge in [0.25, 0.3) is 0 Å². The highest BCUT2D eigenvalue weighted by Crippen LogP contribution is 2.28. The second-order valence-corrected chi connectivity index (χ2v) is 7.05. The van der Waals surface area contributed by atoms with Crippen molar-refractivity contribution in [3.8, 4) is 22.8 Å². The van der Waals surface area contributed by atoms with Crippen LogP contribution >= 0.6 is 23.4 Å². The van der Waals surface area contributed by atoms with Crippen LogP contribution in [0.2, 0.25) is 5.02 Å². The molecule has 8 heteroatoms. The molecule has 0 amide bonds. The van der Waals surface area contributed by atoms with Crippen LogP contribution in [0.25, 0.3) is 22.8 Å². The first-order chi connectivity index (χ1) is 13.3. The summed E-state index contributed by atoms with van der Waals surface area (Å²) >= 11 is 7.71. The molecule has 0 fully saturated rings. The summed E-state index contributed by atoms with van der Waals surface area (Å²) in [5.41, 5.74) is 1.79. The molecule has 0 aliphatic rings. The van der Waals surface area contributed by atoms with Crippen LogP contribution in [0.3, 0.4) is 0 Å². The maximum absolute atomic E-state index is 6.19. The standard InChI is InChI=1S/C19H16ClN5OS/c1-2-25-18(13-8-4-3-5-9-13)22-23-19(25)27-12-16-21-17(24-26-16)14-10-6-7-11-15(14)20/h3-11H,2,12H2,1H3. The molecule has 0 spiro atoms. The normalized spacial score (nSPS) is 11.0. The van der Waals surface area contributed by atoms with Gasteiger partial charge in [-0.15, -0.1) is 10.2 Å². The lowest BCUT2D eigenvalue weighted by atomic mass is 10.2. The molecule has 2 aromatic carbocycles. The predicted octanol–water partition coefficient (Wildman–Crippen LogP) is 4.96. The summed E-state index contributed by atoms with van der Waals surface area (Å²) in [5.74, 6) is 2.35. The lowest BCUT2D eigenvalue weighted by Gasteiger charge is -2.06. The number of rotatable bonds is 6. The van der Waals surface area contributed by atoms with E-state index in [1.54, 1.807) is 6.07 Å². The van der Waals surface area contributed by atoms with Gasteiger partial charge < -0.3 is 9.09 Å². The maximum Gasteiger partial charge on any atom is 0.237 e. The van der Waals surface area contributed by atoms with Gasteiger partial charge in [0.2, 0.25) is 11.7 Å². The zero-order valence-corrected chi connectivity index (χ0v) is 16.1. The third-order valence-corrected chi connectivity index (χ3v) is 5.25. The zero-order chi connectivity index (χ0) is 18.6. The largest absolute Gasteiger partial charge is 0.338 e. The molecule has 0 aliphatic heterocycles. The fourth-order valence-electron chi connectivity index (χ4n) is 2.67. The van der Waals surface area contributed by atoms with Gasteiger partial charge in [-0.1, -0.05) is 71.0 Å². The van der Waals surface area contributed by atoms with Crippen LogP contribution in [0.15, 0.2) is 64.3 Å². The Morgan fingerprint density at radius 1 is 1.04 bits per heavy atom. The Morgan fingerprint density at radius 3 is 2.59 bits per heavy atom. The Bertz CT molecular complexity index is 1050. The highest BCUT2D eigenvalue weighted by molar-refractivity contribution is 7.98. The van der Waals surface area contributed by atoms with Crippen LogP contribution in [0.1, 0.15) is 12.8 Å². The monoisotopic (exact) mass is 397 g/mol. The van der Waals surface area contributed by atoms with E-state index in [9.17, 15) is 0 Å². The van der Waals surface area contributed by atoms with Gasteiger partial charge in [-0.25, -0.2) is 0 Å². The fraction of sp³-hybridized carbons (Fsp3) is 0.158. The van der Waals surface area contributed by atoms with Crippen LogP contribution in [-0.4, -0.2) is 24.9 Å². The highest BCUT2D eigenvalue weighted by Gasteiger charge is 2.16. The Balaban J connectivity index is 1.52. The fourth-order valence-corrected chi connectivity index (χ4v) is 3.73. The summed E-state index contributed by atoms with van der Waals surface area (Å²) in [7, 11) is 0. The average molecular weight is 398 g/mol. The second-order valence-electron chi connectivity index (χ2n) is 5.70. The van der Waals surface area contributed by atoms with Crippen molar-refractivity contribution >= 4 is 23.4 Å². The molecule has 2 heterocycles. The molecule has 0 aliphatic carbocycles. The molecule has 0 saturated carbocycles. The van der Waals surface area contributed by atoms with E-state index in [4.69, 9.17) is 16.1 Å². The minimum absolute atomic E-state index is 0.484. The minimum Gasteiger partial charge on any atom is -0.338 e. The molecule has 4 rings (SSSR count). The van der Waals surface area contributed by atoms with Gasteiger partial charge in [-0.05, 0) is 19.1 Å².